The lowest BCUT2D eigenvalue weighted by molar-refractivity contribution is -0.118. The zero-order chi connectivity index (χ0) is 16.7. The van der Waals surface area contributed by atoms with Gasteiger partial charge in [0.25, 0.3) is 5.91 Å². The second-order valence-corrected chi connectivity index (χ2v) is 7.83. The normalized spacial score (nSPS) is 22.8. The molecule has 1 aromatic rings. The maximum Gasteiger partial charge on any atom is 0.261 e. The molecule has 2 heterocycles. The largest absolute Gasteiger partial charge is 0.484 e. The van der Waals surface area contributed by atoms with Gasteiger partial charge in [-0.1, -0.05) is 35.0 Å². The summed E-state index contributed by atoms with van der Waals surface area (Å²) in [5.74, 6) is 0.521. The predicted molar refractivity (Wildman–Crippen MR) is 98.4 cm³/mol. The number of carbonyl (C=O) groups excluding carboxylic acids is 1. The summed E-state index contributed by atoms with van der Waals surface area (Å²) in [6.07, 6.45) is 4.37. The number of thioether (sulfide) groups is 1. The van der Waals surface area contributed by atoms with Crippen LogP contribution in [0.25, 0.3) is 0 Å². The van der Waals surface area contributed by atoms with Crippen molar-refractivity contribution < 1.29 is 9.53 Å². The van der Waals surface area contributed by atoms with E-state index in [1.807, 2.05) is 0 Å². The van der Waals surface area contributed by atoms with E-state index in [4.69, 9.17) is 27.9 Å². The van der Waals surface area contributed by atoms with E-state index in [0.29, 0.717) is 21.6 Å². The van der Waals surface area contributed by atoms with Crippen LogP contribution >= 0.6 is 35.0 Å². The third-order valence-corrected chi connectivity index (χ3v) is 6.04. The summed E-state index contributed by atoms with van der Waals surface area (Å²) in [6.45, 7) is 0.106. The van der Waals surface area contributed by atoms with Crippen LogP contribution in [-0.4, -0.2) is 23.4 Å². The molecule has 3 aliphatic rings. The highest BCUT2D eigenvalue weighted by molar-refractivity contribution is 8.17. The molecule has 2 aliphatic heterocycles. The highest BCUT2D eigenvalue weighted by atomic mass is 35.5. The molecule has 0 N–H and O–H groups in total. The number of rotatable bonds is 3. The summed E-state index contributed by atoms with van der Waals surface area (Å²) in [5.41, 5.74) is 1.24. The molecule has 24 heavy (non-hydrogen) atoms. The maximum atomic E-state index is 12.4. The fraction of sp³-hybridized carbons (Fsp3) is 0.353. The van der Waals surface area contributed by atoms with Crippen molar-refractivity contribution in [1.82, 2.24) is 0 Å². The van der Waals surface area contributed by atoms with Crippen LogP contribution in [0.2, 0.25) is 10.0 Å². The zero-order valence-electron chi connectivity index (χ0n) is 12.7. The van der Waals surface area contributed by atoms with Gasteiger partial charge in [-0.2, -0.15) is 4.99 Å². The molecule has 1 amide bonds. The molecular weight excluding hydrogens is 367 g/mol. The number of amidine groups is 1. The maximum absolute atomic E-state index is 12.4. The van der Waals surface area contributed by atoms with Gasteiger partial charge in [-0.15, -0.1) is 0 Å². The first-order valence-corrected chi connectivity index (χ1v) is 9.36. The molecule has 4 rings (SSSR count). The van der Waals surface area contributed by atoms with Gasteiger partial charge in [0.05, 0.1) is 10.1 Å². The predicted octanol–water partition coefficient (Wildman–Crippen LogP) is 4.90. The van der Waals surface area contributed by atoms with E-state index < -0.39 is 0 Å². The minimum absolute atomic E-state index is 0.106. The molecule has 124 valence electrons. The van der Waals surface area contributed by atoms with Gasteiger partial charge in [-0.25, -0.2) is 4.99 Å². The Morgan fingerprint density at radius 3 is 2.88 bits per heavy atom. The molecule has 1 atom stereocenters. The molecule has 1 aromatic carbocycles. The van der Waals surface area contributed by atoms with E-state index in [9.17, 15) is 4.79 Å². The Labute approximate surface area is 154 Å². The number of hydrogen-bond donors (Lipinski definition) is 0. The summed E-state index contributed by atoms with van der Waals surface area (Å²) in [6, 6.07) is 5.00. The summed E-state index contributed by atoms with van der Waals surface area (Å²) in [7, 11) is 0. The molecule has 0 radical (unpaired) electrons. The summed E-state index contributed by atoms with van der Waals surface area (Å²) in [5, 5.41) is 1.81. The van der Waals surface area contributed by atoms with Crippen molar-refractivity contribution in [3.05, 3.63) is 38.7 Å². The first kappa shape index (κ1) is 16.2. The minimum atomic E-state index is -0.242. The number of nitrogens with zero attached hydrogens (tertiary/aromatic N) is 2. The summed E-state index contributed by atoms with van der Waals surface area (Å²) in [4.78, 5) is 22.4. The Morgan fingerprint density at radius 1 is 1.21 bits per heavy atom. The lowest BCUT2D eigenvalue weighted by atomic mass is 9.89. The number of amides is 1. The number of ether oxygens (including phenoxy) is 1. The van der Waals surface area contributed by atoms with Gasteiger partial charge in [0.15, 0.2) is 5.84 Å². The van der Waals surface area contributed by atoms with Crippen LogP contribution in [0, 0.1) is 5.92 Å². The molecule has 0 spiro atoms. The minimum Gasteiger partial charge on any atom is -0.484 e. The van der Waals surface area contributed by atoms with Crippen LogP contribution in [0.1, 0.15) is 25.7 Å². The van der Waals surface area contributed by atoms with Crippen molar-refractivity contribution >= 4 is 51.8 Å². The lowest BCUT2D eigenvalue weighted by Crippen LogP contribution is -2.28. The standard InChI is InChI=1S/C17H14Cl2N2O2S/c18-9-5-6-12(11(19)7-9)23-8-14-20-16(22)15-10-3-1-2-4-13(10)24-17(15)21-14/h5-7,15H,1-4,8H2. The lowest BCUT2D eigenvalue weighted by Gasteiger charge is -2.18. The number of aliphatic imine (C=N–C) groups is 2. The van der Waals surface area contributed by atoms with Crippen molar-refractivity contribution in [3.63, 3.8) is 0 Å². The number of halogens is 2. The average Bonchev–Trinajstić information content (AvgIpc) is 2.92. The number of fused-ring (bicyclic) bond motifs is 2. The smallest absolute Gasteiger partial charge is 0.261 e. The molecule has 0 saturated heterocycles. The SMILES string of the molecule is O=C1N=C(COc2ccc(Cl)cc2Cl)N=C2SC3=C(CCCC3)C12. The highest BCUT2D eigenvalue weighted by Gasteiger charge is 2.40. The molecule has 0 aromatic heterocycles. The Hall–Kier alpha value is -1.30. The van der Waals surface area contributed by atoms with Crippen LogP contribution in [0.15, 0.2) is 38.7 Å². The molecule has 0 saturated carbocycles. The number of benzene rings is 1. The van der Waals surface area contributed by atoms with Crippen molar-refractivity contribution in [1.29, 1.82) is 0 Å². The van der Waals surface area contributed by atoms with Crippen LogP contribution in [-0.2, 0) is 4.79 Å². The third-order valence-electron chi connectivity index (χ3n) is 4.26. The number of hydrogen-bond acceptors (Lipinski definition) is 4. The van der Waals surface area contributed by atoms with E-state index >= 15 is 0 Å². The Kier molecular flexibility index (Phi) is 4.41. The van der Waals surface area contributed by atoms with Gasteiger partial charge in [0.1, 0.15) is 18.3 Å². The Bertz CT molecular complexity index is 817. The number of carbonyl (C=O) groups is 1. The van der Waals surface area contributed by atoms with Crippen molar-refractivity contribution in [2.75, 3.05) is 6.61 Å². The van der Waals surface area contributed by atoms with E-state index in [1.165, 1.54) is 16.9 Å². The second-order valence-electron chi connectivity index (χ2n) is 5.87. The molecule has 0 bridgehead atoms. The Balaban J connectivity index is 1.50. The number of allylic oxidation sites excluding steroid dienone is 1. The van der Waals surface area contributed by atoms with E-state index in [0.717, 1.165) is 24.3 Å². The Morgan fingerprint density at radius 2 is 2.04 bits per heavy atom. The summed E-state index contributed by atoms with van der Waals surface area (Å²) < 4.78 is 5.64. The van der Waals surface area contributed by atoms with E-state index in [-0.39, 0.29) is 18.4 Å². The molecule has 1 unspecified atom stereocenters. The van der Waals surface area contributed by atoms with Gasteiger partial charge in [-0.05, 0) is 54.4 Å². The first-order valence-electron chi connectivity index (χ1n) is 7.79. The summed E-state index contributed by atoms with van der Waals surface area (Å²) >= 11 is 13.6. The van der Waals surface area contributed by atoms with Gasteiger partial charge in [0.2, 0.25) is 0 Å². The van der Waals surface area contributed by atoms with Crippen LogP contribution in [0.3, 0.4) is 0 Å². The van der Waals surface area contributed by atoms with Crippen molar-refractivity contribution in [2.24, 2.45) is 15.9 Å². The first-order chi connectivity index (χ1) is 11.6. The third kappa shape index (κ3) is 3.01. The molecule has 7 heteroatoms. The fourth-order valence-electron chi connectivity index (χ4n) is 3.14. The molecule has 4 nitrogen and oxygen atoms in total. The van der Waals surface area contributed by atoms with Gasteiger partial charge >= 0.3 is 0 Å². The molecule has 1 aliphatic carbocycles. The topological polar surface area (TPSA) is 51.0 Å². The van der Waals surface area contributed by atoms with Gasteiger partial charge in [-0.3, -0.25) is 4.79 Å². The fourth-order valence-corrected chi connectivity index (χ4v) is 4.97. The van der Waals surface area contributed by atoms with Crippen molar-refractivity contribution in [3.8, 4) is 5.75 Å². The highest BCUT2D eigenvalue weighted by Crippen LogP contribution is 2.47. The van der Waals surface area contributed by atoms with Gasteiger partial charge < -0.3 is 4.74 Å². The zero-order valence-corrected chi connectivity index (χ0v) is 15.0. The van der Waals surface area contributed by atoms with Crippen molar-refractivity contribution in [2.45, 2.75) is 25.7 Å². The monoisotopic (exact) mass is 380 g/mol. The average molecular weight is 381 g/mol. The van der Waals surface area contributed by atoms with Crippen LogP contribution < -0.4 is 4.74 Å². The quantitative estimate of drug-likeness (QED) is 0.748. The van der Waals surface area contributed by atoms with Crippen LogP contribution in [0.4, 0.5) is 0 Å². The van der Waals surface area contributed by atoms with Crippen LogP contribution in [0.5, 0.6) is 5.75 Å². The van der Waals surface area contributed by atoms with Gasteiger partial charge in [0, 0.05) is 5.02 Å². The second kappa shape index (κ2) is 6.54. The van der Waals surface area contributed by atoms with E-state index in [1.54, 1.807) is 30.0 Å². The van der Waals surface area contributed by atoms with E-state index in [2.05, 4.69) is 9.98 Å². The molecule has 0 fully saturated rings. The molecular formula is C17H14Cl2N2O2S.